The Morgan fingerprint density at radius 2 is 1.06 bits per heavy atom. The quantitative estimate of drug-likeness (QED) is 0.177. The molecule has 10 aromatic rings. The van der Waals surface area contributed by atoms with Gasteiger partial charge in [0.1, 0.15) is 11.2 Å². The van der Waals surface area contributed by atoms with E-state index in [0.717, 1.165) is 44.2 Å². The number of aromatic nitrogens is 1. The van der Waals surface area contributed by atoms with Crippen molar-refractivity contribution < 1.29 is 4.42 Å². The molecule has 0 amide bonds. The van der Waals surface area contributed by atoms with Crippen LogP contribution < -0.4 is 0 Å². The normalized spacial score (nSPS) is 12.2. The Bertz CT molecular complexity index is 2890. The van der Waals surface area contributed by atoms with Crippen molar-refractivity contribution in [3.63, 3.8) is 0 Å². The van der Waals surface area contributed by atoms with Gasteiger partial charge in [0.2, 0.25) is 0 Å². The van der Waals surface area contributed by atoms with Crippen molar-refractivity contribution in [1.29, 1.82) is 0 Å². The Morgan fingerprint density at radius 3 is 1.69 bits per heavy atom. The number of hydrogen-bond donors (Lipinski definition) is 0. The highest BCUT2D eigenvalue weighted by Crippen LogP contribution is 2.46. The van der Waals surface area contributed by atoms with Gasteiger partial charge in [-0.3, -0.25) is 4.98 Å². The predicted molar refractivity (Wildman–Crippen MR) is 216 cm³/mol. The monoisotopic (exact) mass is 653 g/mol. The predicted octanol–water partition coefficient (Wildman–Crippen LogP) is 13.8. The first-order valence-corrected chi connectivity index (χ1v) is 17.7. The molecule has 242 valence electrons. The maximum Gasteiger partial charge on any atom is 0.143 e. The first-order chi connectivity index (χ1) is 24.9. The minimum Gasteiger partial charge on any atom is -0.455 e. The van der Waals surface area contributed by atoms with Gasteiger partial charge in [0.05, 0.1) is 0 Å². The fourth-order valence-electron chi connectivity index (χ4n) is 8.01. The molecule has 8 aromatic carbocycles. The number of benzene rings is 8. The standard InChI is InChI=1S/C49H35NO/c1-49(2,3)37-26-34-21-23-40-43(32-15-13-30(14-16-32)36-8-7-25-50-29-36)28-44(41-24-22-35(27-37)46(34)47(40)41)33-19-17-31(18-20-33)38-10-6-11-42-39-9-4-5-12-45(39)51-48(38)42/h4-29H,1-3H3. The first-order valence-electron chi connectivity index (χ1n) is 17.7. The van der Waals surface area contributed by atoms with Crippen molar-refractivity contribution in [3.05, 3.63) is 164 Å². The van der Waals surface area contributed by atoms with E-state index in [1.165, 1.54) is 60.1 Å². The molecule has 51 heavy (non-hydrogen) atoms. The molecule has 0 radical (unpaired) electrons. The highest BCUT2D eigenvalue weighted by atomic mass is 16.3. The third-order valence-electron chi connectivity index (χ3n) is 10.7. The van der Waals surface area contributed by atoms with Gasteiger partial charge in [-0.1, -0.05) is 148 Å². The van der Waals surface area contributed by atoms with E-state index in [1.807, 2.05) is 30.6 Å². The molecule has 2 heterocycles. The number of furan rings is 1. The van der Waals surface area contributed by atoms with Gasteiger partial charge in [0, 0.05) is 28.7 Å². The average Bonchev–Trinajstić information content (AvgIpc) is 3.56. The van der Waals surface area contributed by atoms with Crippen LogP contribution in [0.15, 0.2) is 162 Å². The molecule has 0 aliphatic heterocycles. The fraction of sp³-hybridized carbons (Fsp3) is 0.0816. The Labute approximate surface area is 297 Å². The van der Waals surface area contributed by atoms with Crippen LogP contribution in [-0.4, -0.2) is 4.98 Å². The van der Waals surface area contributed by atoms with Gasteiger partial charge < -0.3 is 4.42 Å². The zero-order valence-corrected chi connectivity index (χ0v) is 28.9. The first kappa shape index (κ1) is 29.6. The van der Waals surface area contributed by atoms with Crippen molar-refractivity contribution in [2.45, 2.75) is 26.2 Å². The van der Waals surface area contributed by atoms with Gasteiger partial charge in [0.25, 0.3) is 0 Å². The lowest BCUT2D eigenvalue weighted by atomic mass is 9.81. The summed E-state index contributed by atoms with van der Waals surface area (Å²) in [5.41, 5.74) is 12.7. The van der Waals surface area contributed by atoms with Crippen LogP contribution >= 0.6 is 0 Å². The number of hydrogen-bond acceptors (Lipinski definition) is 2. The molecule has 0 aliphatic rings. The summed E-state index contributed by atoms with van der Waals surface area (Å²) in [5.74, 6) is 0. The Kier molecular flexibility index (Phi) is 6.47. The lowest BCUT2D eigenvalue weighted by Crippen LogP contribution is -2.10. The summed E-state index contributed by atoms with van der Waals surface area (Å²) in [6.07, 6.45) is 3.74. The van der Waals surface area contributed by atoms with E-state index in [0.29, 0.717) is 0 Å². The fourth-order valence-corrected chi connectivity index (χ4v) is 8.01. The summed E-state index contributed by atoms with van der Waals surface area (Å²) in [4.78, 5) is 4.34. The number of nitrogens with zero attached hydrogens (tertiary/aromatic N) is 1. The lowest BCUT2D eigenvalue weighted by molar-refractivity contribution is 0.591. The number of para-hydroxylation sites is 2. The van der Waals surface area contributed by atoms with Crippen LogP contribution in [-0.2, 0) is 5.41 Å². The molecule has 0 saturated heterocycles. The van der Waals surface area contributed by atoms with Gasteiger partial charge >= 0.3 is 0 Å². The maximum atomic E-state index is 6.40. The molecule has 0 aliphatic carbocycles. The molecule has 2 heteroatoms. The molecular weight excluding hydrogens is 619 g/mol. The summed E-state index contributed by atoms with van der Waals surface area (Å²) in [5, 5.41) is 10.1. The minimum atomic E-state index is 0.0608. The Hall–Kier alpha value is -6.25. The van der Waals surface area contributed by atoms with Crippen molar-refractivity contribution in [1.82, 2.24) is 4.98 Å². The average molecular weight is 654 g/mol. The summed E-state index contributed by atoms with van der Waals surface area (Å²) >= 11 is 0. The molecular formula is C49H35NO. The van der Waals surface area contributed by atoms with E-state index in [9.17, 15) is 0 Å². The second kappa shape index (κ2) is 11.1. The van der Waals surface area contributed by atoms with Gasteiger partial charge in [-0.05, 0) is 100 Å². The molecule has 0 spiro atoms. The third kappa shape index (κ3) is 4.75. The second-order valence-corrected chi connectivity index (χ2v) is 14.8. The van der Waals surface area contributed by atoms with E-state index >= 15 is 0 Å². The molecule has 0 fully saturated rings. The van der Waals surface area contributed by atoms with Crippen molar-refractivity contribution in [2.75, 3.05) is 0 Å². The van der Waals surface area contributed by atoms with Crippen molar-refractivity contribution in [3.8, 4) is 44.5 Å². The van der Waals surface area contributed by atoms with Crippen LogP contribution in [0.2, 0.25) is 0 Å². The molecule has 0 saturated carbocycles. The maximum absolute atomic E-state index is 6.40. The highest BCUT2D eigenvalue weighted by molar-refractivity contribution is 6.28. The minimum absolute atomic E-state index is 0.0608. The van der Waals surface area contributed by atoms with Crippen LogP contribution in [0.1, 0.15) is 26.3 Å². The number of pyridine rings is 1. The topological polar surface area (TPSA) is 26.0 Å². The molecule has 0 atom stereocenters. The van der Waals surface area contributed by atoms with E-state index in [4.69, 9.17) is 4.42 Å². The van der Waals surface area contributed by atoms with Crippen LogP contribution in [0.5, 0.6) is 0 Å². The van der Waals surface area contributed by atoms with E-state index in [-0.39, 0.29) is 5.41 Å². The molecule has 10 rings (SSSR count). The summed E-state index contributed by atoms with van der Waals surface area (Å²) in [7, 11) is 0. The molecule has 2 nitrogen and oxygen atoms in total. The van der Waals surface area contributed by atoms with Crippen LogP contribution in [0, 0.1) is 0 Å². The molecule has 0 N–H and O–H groups in total. The third-order valence-corrected chi connectivity index (χ3v) is 10.7. The second-order valence-electron chi connectivity index (χ2n) is 14.8. The lowest BCUT2D eigenvalue weighted by Gasteiger charge is -2.23. The van der Waals surface area contributed by atoms with Gasteiger partial charge in [-0.25, -0.2) is 0 Å². The SMILES string of the molecule is CC(C)(C)c1cc2ccc3c(-c4ccc(-c5cccnc5)cc4)cc(-c4ccc(-c5cccc6c5oc5ccccc56)cc4)c4ccc(c1)c2c34. The molecule has 0 bridgehead atoms. The zero-order chi connectivity index (χ0) is 34.3. The smallest absolute Gasteiger partial charge is 0.143 e. The van der Waals surface area contributed by atoms with E-state index in [1.54, 1.807) is 0 Å². The molecule has 0 unspecified atom stereocenters. The van der Waals surface area contributed by atoms with Crippen LogP contribution in [0.4, 0.5) is 0 Å². The van der Waals surface area contributed by atoms with Gasteiger partial charge in [-0.2, -0.15) is 0 Å². The zero-order valence-electron chi connectivity index (χ0n) is 28.9. The van der Waals surface area contributed by atoms with Gasteiger partial charge in [-0.15, -0.1) is 0 Å². The van der Waals surface area contributed by atoms with Crippen LogP contribution in [0.3, 0.4) is 0 Å². The highest BCUT2D eigenvalue weighted by Gasteiger charge is 2.21. The van der Waals surface area contributed by atoms with E-state index in [2.05, 4.69) is 153 Å². The van der Waals surface area contributed by atoms with Gasteiger partial charge in [0.15, 0.2) is 0 Å². The van der Waals surface area contributed by atoms with Crippen LogP contribution in [0.25, 0.3) is 98.8 Å². The van der Waals surface area contributed by atoms with Crippen molar-refractivity contribution in [2.24, 2.45) is 0 Å². The summed E-state index contributed by atoms with van der Waals surface area (Å²) in [6, 6.07) is 53.3. The number of rotatable bonds is 4. The van der Waals surface area contributed by atoms with E-state index < -0.39 is 0 Å². The molecule has 2 aromatic heterocycles. The summed E-state index contributed by atoms with van der Waals surface area (Å²) < 4.78 is 6.40. The summed E-state index contributed by atoms with van der Waals surface area (Å²) in [6.45, 7) is 6.89. The van der Waals surface area contributed by atoms with Crippen molar-refractivity contribution >= 4 is 54.3 Å². The number of fused-ring (bicyclic) bond motifs is 3. The largest absolute Gasteiger partial charge is 0.455 e. The Balaban J connectivity index is 1.18. The Morgan fingerprint density at radius 1 is 0.451 bits per heavy atom.